The Labute approximate surface area is 200 Å². The number of Topliss-reactive ketones (excluding diaryl/α,β-unsaturated/α-hetero) is 1. The van der Waals surface area contributed by atoms with Crippen molar-refractivity contribution in [2.24, 2.45) is 0 Å². The smallest absolute Gasteiger partial charge is 0.300 e. The molecule has 174 valence electrons. The van der Waals surface area contributed by atoms with E-state index >= 15 is 0 Å². The summed E-state index contributed by atoms with van der Waals surface area (Å²) in [5.74, 6) is -2.14. The van der Waals surface area contributed by atoms with Crippen LogP contribution in [0.15, 0.2) is 66.2 Å². The Kier molecular flexibility index (Phi) is 6.30. The van der Waals surface area contributed by atoms with E-state index in [-0.39, 0.29) is 21.9 Å². The fraction of sp³-hybridized carbons (Fsp3) is 0.154. The summed E-state index contributed by atoms with van der Waals surface area (Å²) in [4.78, 5) is 27.9. The van der Waals surface area contributed by atoms with Gasteiger partial charge in [-0.3, -0.25) is 14.5 Å². The van der Waals surface area contributed by atoms with Crippen molar-refractivity contribution in [3.8, 4) is 11.5 Å². The summed E-state index contributed by atoms with van der Waals surface area (Å²) in [7, 11) is 2.82. The first-order valence-electron chi connectivity index (χ1n) is 10.3. The molecular formula is C26H21ClFNO5. The lowest BCUT2D eigenvalue weighted by molar-refractivity contribution is -0.132. The number of anilines is 1. The van der Waals surface area contributed by atoms with Gasteiger partial charge in [0.25, 0.3) is 11.7 Å². The van der Waals surface area contributed by atoms with Crippen LogP contribution in [0.2, 0.25) is 5.02 Å². The van der Waals surface area contributed by atoms with Gasteiger partial charge in [-0.2, -0.15) is 0 Å². The number of aliphatic hydroxyl groups excluding tert-OH is 1. The second kappa shape index (κ2) is 9.19. The minimum atomic E-state index is -1.01. The third-order valence-corrected chi connectivity index (χ3v) is 6.03. The lowest BCUT2D eigenvalue weighted by Crippen LogP contribution is -2.30. The number of aliphatic hydroxyl groups is 1. The van der Waals surface area contributed by atoms with Gasteiger partial charge in [0, 0.05) is 11.8 Å². The molecule has 1 fully saturated rings. The molecule has 4 rings (SSSR count). The molecule has 1 heterocycles. The Morgan fingerprint density at radius 2 is 1.65 bits per heavy atom. The topological polar surface area (TPSA) is 76.1 Å². The van der Waals surface area contributed by atoms with Crippen molar-refractivity contribution in [1.82, 2.24) is 0 Å². The molecule has 0 aliphatic carbocycles. The molecule has 0 saturated carbocycles. The van der Waals surface area contributed by atoms with Crippen LogP contribution in [0.25, 0.3) is 5.76 Å². The highest BCUT2D eigenvalue weighted by atomic mass is 35.5. The SMILES string of the molecule is COc1cc(OC)c(/C(O)=C2\C(=O)C(=O)N(c3ccccc3C)C2c2ccc(F)cc2)cc1Cl. The zero-order chi connectivity index (χ0) is 24.6. The van der Waals surface area contributed by atoms with Crippen molar-refractivity contribution in [2.45, 2.75) is 13.0 Å². The average Bonchev–Trinajstić information content (AvgIpc) is 3.09. The maximum Gasteiger partial charge on any atom is 0.300 e. The van der Waals surface area contributed by atoms with Gasteiger partial charge >= 0.3 is 0 Å². The number of ketones is 1. The lowest BCUT2D eigenvalue weighted by atomic mass is 9.94. The molecule has 0 spiro atoms. The Morgan fingerprint density at radius 3 is 2.26 bits per heavy atom. The summed E-state index contributed by atoms with van der Waals surface area (Å²) < 4.78 is 24.3. The van der Waals surface area contributed by atoms with Crippen molar-refractivity contribution in [3.05, 3.63) is 93.8 Å². The van der Waals surface area contributed by atoms with Crippen molar-refractivity contribution in [3.63, 3.8) is 0 Å². The van der Waals surface area contributed by atoms with Gasteiger partial charge in [-0.05, 0) is 42.3 Å². The Balaban J connectivity index is 2.00. The Bertz CT molecular complexity index is 1320. The van der Waals surface area contributed by atoms with E-state index in [1.54, 1.807) is 12.1 Å². The molecule has 8 heteroatoms. The number of hydrogen-bond acceptors (Lipinski definition) is 5. The van der Waals surface area contributed by atoms with Crippen molar-refractivity contribution >= 4 is 34.7 Å². The molecule has 1 amide bonds. The summed E-state index contributed by atoms with van der Waals surface area (Å²) in [6.45, 7) is 1.81. The van der Waals surface area contributed by atoms with E-state index in [1.165, 1.54) is 55.5 Å². The van der Waals surface area contributed by atoms with Crippen molar-refractivity contribution in [2.75, 3.05) is 19.1 Å². The number of rotatable bonds is 5. The number of hydrogen-bond donors (Lipinski definition) is 1. The van der Waals surface area contributed by atoms with Gasteiger partial charge in [0.2, 0.25) is 0 Å². The maximum absolute atomic E-state index is 13.7. The molecular weight excluding hydrogens is 461 g/mol. The minimum absolute atomic E-state index is 0.114. The number of aryl methyl sites for hydroxylation is 1. The molecule has 1 aliphatic rings. The van der Waals surface area contributed by atoms with E-state index in [2.05, 4.69) is 0 Å². The van der Waals surface area contributed by atoms with Crippen LogP contribution < -0.4 is 14.4 Å². The summed E-state index contributed by atoms with van der Waals surface area (Å²) in [5.41, 5.74) is 1.64. The molecule has 3 aromatic carbocycles. The number of carbonyl (C=O) groups excluding carboxylic acids is 2. The van der Waals surface area contributed by atoms with Crippen LogP contribution in [0.3, 0.4) is 0 Å². The van der Waals surface area contributed by atoms with Crippen LogP contribution in [0.5, 0.6) is 11.5 Å². The first-order valence-corrected chi connectivity index (χ1v) is 10.7. The van der Waals surface area contributed by atoms with E-state index in [9.17, 15) is 19.1 Å². The normalized spacial score (nSPS) is 17.2. The van der Waals surface area contributed by atoms with E-state index < -0.39 is 29.3 Å². The highest BCUT2D eigenvalue weighted by Gasteiger charge is 2.47. The highest BCUT2D eigenvalue weighted by Crippen LogP contribution is 2.45. The highest BCUT2D eigenvalue weighted by molar-refractivity contribution is 6.52. The van der Waals surface area contributed by atoms with Crippen molar-refractivity contribution in [1.29, 1.82) is 0 Å². The standard InChI is InChI=1S/C26H21ClFNO5/c1-14-6-4-5-7-19(14)29-23(15-8-10-16(28)11-9-15)22(25(31)26(29)32)24(30)17-12-18(27)21(34-3)13-20(17)33-2/h4-13,23,30H,1-3H3/b24-22+. The zero-order valence-corrected chi connectivity index (χ0v) is 19.4. The Morgan fingerprint density at radius 1 is 1.00 bits per heavy atom. The minimum Gasteiger partial charge on any atom is -0.507 e. The molecule has 1 N–H and O–H groups in total. The number of carbonyl (C=O) groups is 2. The first-order chi connectivity index (χ1) is 16.3. The van der Waals surface area contributed by atoms with Gasteiger partial charge in [0.15, 0.2) is 0 Å². The molecule has 1 atom stereocenters. The second-order valence-electron chi connectivity index (χ2n) is 7.69. The van der Waals surface area contributed by atoms with Gasteiger partial charge in [0.1, 0.15) is 23.1 Å². The van der Waals surface area contributed by atoms with Crippen LogP contribution in [-0.2, 0) is 9.59 Å². The number of ether oxygens (including phenoxy) is 2. The third-order valence-electron chi connectivity index (χ3n) is 5.73. The molecule has 1 aliphatic heterocycles. The van der Waals surface area contributed by atoms with Gasteiger partial charge in [-0.1, -0.05) is 41.9 Å². The van der Waals surface area contributed by atoms with Gasteiger partial charge in [-0.15, -0.1) is 0 Å². The zero-order valence-electron chi connectivity index (χ0n) is 18.6. The van der Waals surface area contributed by atoms with Crippen LogP contribution in [0.4, 0.5) is 10.1 Å². The van der Waals surface area contributed by atoms with Crippen LogP contribution in [-0.4, -0.2) is 31.0 Å². The lowest BCUT2D eigenvalue weighted by Gasteiger charge is -2.27. The summed E-state index contributed by atoms with van der Waals surface area (Å²) >= 11 is 6.27. The molecule has 1 unspecified atom stereocenters. The second-order valence-corrected chi connectivity index (χ2v) is 8.10. The number of para-hydroxylation sites is 1. The van der Waals surface area contributed by atoms with Crippen LogP contribution in [0, 0.1) is 12.7 Å². The summed E-state index contributed by atoms with van der Waals surface area (Å²) in [6, 6.07) is 14.4. The summed E-state index contributed by atoms with van der Waals surface area (Å²) in [5, 5.41) is 11.5. The van der Waals surface area contributed by atoms with E-state index in [1.807, 2.05) is 19.1 Å². The van der Waals surface area contributed by atoms with E-state index in [4.69, 9.17) is 21.1 Å². The quantitative estimate of drug-likeness (QED) is 0.299. The van der Waals surface area contributed by atoms with Gasteiger partial charge in [-0.25, -0.2) is 4.39 Å². The van der Waals surface area contributed by atoms with Gasteiger partial charge < -0.3 is 14.6 Å². The number of benzene rings is 3. The van der Waals surface area contributed by atoms with Crippen LogP contribution >= 0.6 is 11.6 Å². The molecule has 0 bridgehead atoms. The molecule has 3 aromatic rings. The van der Waals surface area contributed by atoms with Crippen molar-refractivity contribution < 1.29 is 28.6 Å². The average molecular weight is 482 g/mol. The fourth-order valence-electron chi connectivity index (χ4n) is 4.07. The maximum atomic E-state index is 13.7. The summed E-state index contributed by atoms with van der Waals surface area (Å²) in [6.07, 6.45) is 0. The Hall–Kier alpha value is -3.84. The first kappa shape index (κ1) is 23.3. The van der Waals surface area contributed by atoms with E-state index in [0.29, 0.717) is 17.0 Å². The largest absolute Gasteiger partial charge is 0.507 e. The number of nitrogens with zero attached hydrogens (tertiary/aromatic N) is 1. The monoisotopic (exact) mass is 481 g/mol. The molecule has 0 radical (unpaired) electrons. The number of methoxy groups -OCH3 is 2. The predicted octanol–water partition coefficient (Wildman–Crippen LogP) is 5.43. The molecule has 1 saturated heterocycles. The van der Waals surface area contributed by atoms with Gasteiger partial charge in [0.05, 0.1) is 36.4 Å². The predicted molar refractivity (Wildman–Crippen MR) is 127 cm³/mol. The number of halogens is 2. The number of amides is 1. The fourth-order valence-corrected chi connectivity index (χ4v) is 4.31. The third kappa shape index (κ3) is 3.88. The molecule has 6 nitrogen and oxygen atoms in total. The molecule has 0 aromatic heterocycles. The molecule has 34 heavy (non-hydrogen) atoms. The van der Waals surface area contributed by atoms with Crippen LogP contribution in [0.1, 0.15) is 22.7 Å². The van der Waals surface area contributed by atoms with E-state index in [0.717, 1.165) is 5.56 Å².